The minimum atomic E-state index is -0.215. The lowest BCUT2D eigenvalue weighted by molar-refractivity contribution is -0.147. The average Bonchev–Trinajstić information content (AvgIpc) is 2.74. The molecule has 1 amide bonds. The molecule has 0 bridgehead atoms. The number of unbranched alkanes of at least 4 members (excludes halogenated alkanes) is 1. The summed E-state index contributed by atoms with van der Waals surface area (Å²) < 4.78 is 10.3. The predicted molar refractivity (Wildman–Crippen MR) is 121 cm³/mol. The molecule has 0 spiro atoms. The Balaban J connectivity index is 0. The Morgan fingerprint density at radius 1 is 1.10 bits per heavy atom. The van der Waals surface area contributed by atoms with Gasteiger partial charge in [-0.05, 0) is 6.42 Å². The molecule has 1 rings (SSSR count). The predicted octanol–water partition coefficient (Wildman–Crippen LogP) is 4.14. The van der Waals surface area contributed by atoms with E-state index in [0.29, 0.717) is 31.1 Å². The van der Waals surface area contributed by atoms with E-state index in [-0.39, 0.29) is 29.7 Å². The van der Waals surface area contributed by atoms with Gasteiger partial charge in [0.25, 0.3) is 0 Å². The summed E-state index contributed by atoms with van der Waals surface area (Å²) in [4.78, 5) is 31.3. The number of aromatic nitrogens is 2. The van der Waals surface area contributed by atoms with E-state index in [1.165, 1.54) is 26.1 Å². The maximum absolute atomic E-state index is 11.7. The lowest BCUT2D eigenvalue weighted by atomic mass is 10.2. The van der Waals surface area contributed by atoms with Gasteiger partial charge in [0.2, 0.25) is 11.9 Å². The van der Waals surface area contributed by atoms with Gasteiger partial charge < -0.3 is 14.8 Å². The fourth-order valence-corrected chi connectivity index (χ4v) is 1.58. The summed E-state index contributed by atoms with van der Waals surface area (Å²) in [6.45, 7) is 12.4. The van der Waals surface area contributed by atoms with Crippen molar-refractivity contribution >= 4 is 23.6 Å². The van der Waals surface area contributed by atoms with Crippen LogP contribution >= 0.6 is 0 Å². The largest absolute Gasteiger partial charge is 0.491 e. The van der Waals surface area contributed by atoms with Gasteiger partial charge in [-0.3, -0.25) is 14.9 Å². The lowest BCUT2D eigenvalue weighted by Crippen LogP contribution is -2.20. The number of nitrogens with zero attached hydrogens (tertiary/aromatic N) is 2. The summed E-state index contributed by atoms with van der Waals surface area (Å²) in [5.41, 5.74) is 0. The number of esters is 1. The number of hydrogen-bond acceptors (Lipinski definition) is 7. The molecule has 2 N–H and O–H groups in total. The van der Waals surface area contributed by atoms with E-state index in [1.54, 1.807) is 27.7 Å². The third kappa shape index (κ3) is 13.4. The first-order chi connectivity index (χ1) is 14.3. The number of anilines is 2. The minimum Gasteiger partial charge on any atom is -0.491 e. The van der Waals surface area contributed by atoms with Crippen LogP contribution in [0.25, 0.3) is 0 Å². The van der Waals surface area contributed by atoms with Gasteiger partial charge in [0, 0.05) is 12.5 Å². The zero-order valence-electron chi connectivity index (χ0n) is 19.4. The summed E-state index contributed by atoms with van der Waals surface area (Å²) >= 11 is 0. The average molecular weight is 423 g/mol. The van der Waals surface area contributed by atoms with Crippen molar-refractivity contribution in [2.45, 2.75) is 60.8 Å². The van der Waals surface area contributed by atoms with Crippen molar-refractivity contribution in [2.24, 2.45) is 11.8 Å². The standard InChI is InChI=1S/C16H26N4O4.C4H10.C2H2/c1-10(2)14(21)20-16-18-9-12(23-5)13(19-16)17-7-6-8-24-15(22)11(3)4;1-3-4-2;1-2/h9-11H,6-8H2,1-5H3,(H2,17,18,19,20,21);3-4H2,1-2H3;1-2H. The van der Waals surface area contributed by atoms with Crippen molar-refractivity contribution in [3.05, 3.63) is 6.20 Å². The van der Waals surface area contributed by atoms with Crippen molar-refractivity contribution in [1.29, 1.82) is 0 Å². The van der Waals surface area contributed by atoms with Crippen LogP contribution in [-0.4, -0.2) is 42.1 Å². The summed E-state index contributed by atoms with van der Waals surface area (Å²) in [7, 11) is 1.51. The number of ether oxygens (including phenoxy) is 2. The van der Waals surface area contributed by atoms with Crippen LogP contribution in [0.4, 0.5) is 11.8 Å². The highest BCUT2D eigenvalue weighted by Crippen LogP contribution is 2.21. The molecule has 8 nitrogen and oxygen atoms in total. The highest BCUT2D eigenvalue weighted by molar-refractivity contribution is 5.90. The molecule has 0 aliphatic carbocycles. The number of terminal acetylenes is 1. The molecule has 0 unspecified atom stereocenters. The van der Waals surface area contributed by atoms with Gasteiger partial charge in [0.1, 0.15) is 0 Å². The molecule has 0 aliphatic rings. The molecule has 1 aromatic heterocycles. The highest BCUT2D eigenvalue weighted by atomic mass is 16.5. The molecule has 0 atom stereocenters. The van der Waals surface area contributed by atoms with Crippen LogP contribution in [0.2, 0.25) is 0 Å². The quantitative estimate of drug-likeness (QED) is 0.332. The van der Waals surface area contributed by atoms with Gasteiger partial charge in [-0.15, -0.1) is 12.8 Å². The second kappa shape index (κ2) is 18.2. The molecule has 0 aliphatic heterocycles. The zero-order valence-corrected chi connectivity index (χ0v) is 19.4. The molecular formula is C22H38N4O4. The van der Waals surface area contributed by atoms with E-state index < -0.39 is 0 Å². The normalized spacial score (nSPS) is 9.57. The van der Waals surface area contributed by atoms with E-state index in [0.717, 1.165) is 0 Å². The number of nitrogens with one attached hydrogen (secondary N) is 2. The summed E-state index contributed by atoms with van der Waals surface area (Å²) in [5.74, 6) is 0.483. The minimum absolute atomic E-state index is 0.132. The Bertz CT molecular complexity index is 629. The van der Waals surface area contributed by atoms with Crippen molar-refractivity contribution in [3.8, 4) is 18.6 Å². The van der Waals surface area contributed by atoms with Crippen molar-refractivity contribution in [1.82, 2.24) is 9.97 Å². The Labute approximate surface area is 181 Å². The van der Waals surface area contributed by atoms with Crippen LogP contribution in [0.15, 0.2) is 6.20 Å². The van der Waals surface area contributed by atoms with Crippen LogP contribution in [0.5, 0.6) is 5.75 Å². The molecule has 0 fully saturated rings. The molecule has 30 heavy (non-hydrogen) atoms. The van der Waals surface area contributed by atoms with Gasteiger partial charge in [-0.2, -0.15) is 4.98 Å². The number of methoxy groups -OCH3 is 1. The summed E-state index contributed by atoms with van der Waals surface area (Å²) in [5, 5.41) is 5.73. The molecule has 1 heterocycles. The molecule has 1 aromatic rings. The number of hydrogen-bond donors (Lipinski definition) is 2. The second-order valence-corrected chi connectivity index (χ2v) is 6.86. The maximum atomic E-state index is 11.7. The fourth-order valence-electron chi connectivity index (χ4n) is 1.58. The second-order valence-electron chi connectivity index (χ2n) is 6.86. The lowest BCUT2D eigenvalue weighted by Gasteiger charge is -2.12. The third-order valence-corrected chi connectivity index (χ3v) is 3.56. The van der Waals surface area contributed by atoms with Gasteiger partial charge >= 0.3 is 5.97 Å². The molecule has 170 valence electrons. The smallest absolute Gasteiger partial charge is 0.308 e. The number of rotatable bonds is 10. The van der Waals surface area contributed by atoms with E-state index in [4.69, 9.17) is 9.47 Å². The molecule has 0 radical (unpaired) electrons. The van der Waals surface area contributed by atoms with Crippen molar-refractivity contribution in [2.75, 3.05) is 30.9 Å². The van der Waals surface area contributed by atoms with Crippen LogP contribution in [-0.2, 0) is 14.3 Å². The number of amides is 1. The number of carbonyl (C=O) groups is 2. The van der Waals surface area contributed by atoms with Crippen LogP contribution in [0.1, 0.15) is 60.8 Å². The van der Waals surface area contributed by atoms with Crippen LogP contribution < -0.4 is 15.4 Å². The molecule has 0 saturated carbocycles. The zero-order chi connectivity index (χ0) is 23.5. The number of carbonyl (C=O) groups excluding carboxylic acids is 2. The van der Waals surface area contributed by atoms with Gasteiger partial charge in [-0.1, -0.05) is 54.4 Å². The Morgan fingerprint density at radius 2 is 1.70 bits per heavy atom. The van der Waals surface area contributed by atoms with E-state index in [1.807, 2.05) is 0 Å². The SMILES string of the molecule is C#C.CCCC.COc1cnc(NC(=O)C(C)C)nc1NCCCOC(=O)C(C)C. The third-order valence-electron chi connectivity index (χ3n) is 3.56. The maximum Gasteiger partial charge on any atom is 0.308 e. The summed E-state index contributed by atoms with van der Waals surface area (Å²) in [6, 6.07) is 0. The Kier molecular flexibility index (Phi) is 17.8. The monoisotopic (exact) mass is 422 g/mol. The van der Waals surface area contributed by atoms with Crippen LogP contribution in [0, 0.1) is 24.7 Å². The van der Waals surface area contributed by atoms with Crippen LogP contribution in [0.3, 0.4) is 0 Å². The Morgan fingerprint density at radius 3 is 2.17 bits per heavy atom. The molecule has 0 saturated heterocycles. The first-order valence-electron chi connectivity index (χ1n) is 10.2. The van der Waals surface area contributed by atoms with E-state index >= 15 is 0 Å². The molecule has 8 heteroatoms. The first-order valence-corrected chi connectivity index (χ1v) is 10.2. The summed E-state index contributed by atoms with van der Waals surface area (Å²) in [6.07, 6.45) is 12.8. The van der Waals surface area contributed by atoms with Gasteiger partial charge in [0.05, 0.1) is 25.8 Å². The Hall–Kier alpha value is -2.82. The fraction of sp³-hybridized carbons (Fsp3) is 0.636. The van der Waals surface area contributed by atoms with Crippen molar-refractivity contribution < 1.29 is 19.1 Å². The van der Waals surface area contributed by atoms with Crippen molar-refractivity contribution in [3.63, 3.8) is 0 Å². The van der Waals surface area contributed by atoms with E-state index in [9.17, 15) is 9.59 Å². The highest BCUT2D eigenvalue weighted by Gasteiger charge is 2.12. The van der Waals surface area contributed by atoms with Gasteiger partial charge in [0.15, 0.2) is 11.6 Å². The molecular weight excluding hydrogens is 384 g/mol. The topological polar surface area (TPSA) is 102 Å². The van der Waals surface area contributed by atoms with Gasteiger partial charge in [-0.25, -0.2) is 4.98 Å². The van der Waals surface area contributed by atoms with E-state index in [2.05, 4.69) is 47.3 Å². The molecule has 0 aromatic carbocycles. The first kappa shape index (κ1) is 29.4.